The third kappa shape index (κ3) is 2.89. The lowest BCUT2D eigenvalue weighted by Crippen LogP contribution is -2.32. The van der Waals surface area contributed by atoms with Gasteiger partial charge in [-0.05, 0) is 60.2 Å². The van der Waals surface area contributed by atoms with Crippen LogP contribution in [-0.4, -0.2) is 12.7 Å². The van der Waals surface area contributed by atoms with Gasteiger partial charge in [-0.1, -0.05) is 12.1 Å². The minimum atomic E-state index is 0.0172. The van der Waals surface area contributed by atoms with Gasteiger partial charge in [-0.2, -0.15) is 0 Å². The zero-order chi connectivity index (χ0) is 16.5. The molecule has 0 spiro atoms. The number of amides is 1. The molecule has 5 heteroatoms. The van der Waals surface area contributed by atoms with Gasteiger partial charge in [0.2, 0.25) is 12.7 Å². The highest BCUT2D eigenvalue weighted by Crippen LogP contribution is 2.33. The van der Waals surface area contributed by atoms with Crippen LogP contribution in [0.2, 0.25) is 0 Å². The van der Waals surface area contributed by atoms with E-state index in [0.717, 1.165) is 36.3 Å². The van der Waals surface area contributed by atoms with Crippen LogP contribution in [0.3, 0.4) is 0 Å². The van der Waals surface area contributed by atoms with Crippen molar-refractivity contribution in [1.29, 1.82) is 0 Å². The lowest BCUT2D eigenvalue weighted by atomic mass is 9.87. The predicted octanol–water partition coefficient (Wildman–Crippen LogP) is 2.73. The van der Waals surface area contributed by atoms with Crippen LogP contribution in [0.5, 0.6) is 11.5 Å². The second-order valence-electron chi connectivity index (χ2n) is 6.33. The summed E-state index contributed by atoms with van der Waals surface area (Å²) < 4.78 is 10.7. The molecule has 4 rings (SSSR count). The highest BCUT2D eigenvalue weighted by Gasteiger charge is 2.22. The first-order valence-electron chi connectivity index (χ1n) is 8.25. The third-order valence-corrected chi connectivity index (χ3v) is 4.62. The molecule has 2 aromatic rings. The van der Waals surface area contributed by atoms with E-state index >= 15 is 0 Å². The van der Waals surface area contributed by atoms with Gasteiger partial charge in [0, 0.05) is 5.69 Å². The average Bonchev–Trinajstić information content (AvgIpc) is 3.02. The van der Waals surface area contributed by atoms with Crippen LogP contribution in [0.25, 0.3) is 0 Å². The van der Waals surface area contributed by atoms with Gasteiger partial charge >= 0.3 is 0 Å². The Balaban J connectivity index is 1.45. The minimum Gasteiger partial charge on any atom is -0.454 e. The number of hydrogen-bond acceptors (Lipinski definition) is 4. The quantitative estimate of drug-likeness (QED) is 0.852. The number of benzene rings is 2. The van der Waals surface area contributed by atoms with Gasteiger partial charge in [0.1, 0.15) is 0 Å². The smallest absolute Gasteiger partial charge is 0.231 e. The Morgan fingerprint density at radius 3 is 2.96 bits per heavy atom. The number of nitrogen functional groups attached to an aromatic ring is 1. The molecule has 24 heavy (non-hydrogen) atoms. The van der Waals surface area contributed by atoms with Crippen molar-refractivity contribution in [3.05, 3.63) is 53.1 Å². The molecule has 0 saturated carbocycles. The summed E-state index contributed by atoms with van der Waals surface area (Å²) in [6.07, 6.45) is 3.38. The molecule has 3 N–H and O–H groups in total. The molecule has 0 fully saturated rings. The molecule has 5 nitrogen and oxygen atoms in total. The summed E-state index contributed by atoms with van der Waals surface area (Å²) in [5.41, 5.74) is 10.0. The molecule has 2 aromatic carbocycles. The summed E-state index contributed by atoms with van der Waals surface area (Å²) in [5, 5.41) is 3.16. The zero-order valence-corrected chi connectivity index (χ0v) is 13.4. The maximum atomic E-state index is 12.4. The number of rotatable bonds is 3. The van der Waals surface area contributed by atoms with Crippen LogP contribution in [0.1, 0.15) is 35.6 Å². The second kappa shape index (κ2) is 6.07. The Labute approximate surface area is 140 Å². The van der Waals surface area contributed by atoms with Crippen molar-refractivity contribution in [2.24, 2.45) is 0 Å². The molecule has 0 bridgehead atoms. The monoisotopic (exact) mass is 324 g/mol. The first-order chi connectivity index (χ1) is 11.7. The third-order valence-electron chi connectivity index (χ3n) is 4.62. The predicted molar refractivity (Wildman–Crippen MR) is 90.9 cm³/mol. The highest BCUT2D eigenvalue weighted by molar-refractivity contribution is 5.79. The summed E-state index contributed by atoms with van der Waals surface area (Å²) in [7, 11) is 0. The van der Waals surface area contributed by atoms with E-state index in [9.17, 15) is 4.79 Å². The number of carbonyl (C=O) groups excluding carboxylic acids is 1. The largest absolute Gasteiger partial charge is 0.454 e. The summed E-state index contributed by atoms with van der Waals surface area (Å²) in [6, 6.07) is 11.7. The van der Waals surface area contributed by atoms with Gasteiger partial charge in [-0.15, -0.1) is 0 Å². The van der Waals surface area contributed by atoms with E-state index in [2.05, 4.69) is 5.32 Å². The Kier molecular flexibility index (Phi) is 3.76. The van der Waals surface area contributed by atoms with Crippen LogP contribution >= 0.6 is 0 Å². The van der Waals surface area contributed by atoms with E-state index in [1.165, 1.54) is 11.1 Å². The number of hydrogen-bond donors (Lipinski definition) is 2. The molecular weight excluding hydrogens is 304 g/mol. The van der Waals surface area contributed by atoms with Crippen molar-refractivity contribution >= 4 is 11.6 Å². The average molecular weight is 324 g/mol. The highest BCUT2D eigenvalue weighted by atomic mass is 16.7. The topological polar surface area (TPSA) is 73.6 Å². The van der Waals surface area contributed by atoms with E-state index < -0.39 is 0 Å². The number of nitrogens with one attached hydrogen (secondary N) is 1. The van der Waals surface area contributed by atoms with E-state index in [0.29, 0.717) is 12.2 Å². The molecule has 1 aliphatic carbocycles. The molecule has 1 atom stereocenters. The van der Waals surface area contributed by atoms with E-state index in [1.807, 2.05) is 36.4 Å². The summed E-state index contributed by atoms with van der Waals surface area (Å²) in [4.78, 5) is 12.4. The number of aryl methyl sites for hydroxylation is 1. The van der Waals surface area contributed by atoms with E-state index in [4.69, 9.17) is 15.2 Å². The van der Waals surface area contributed by atoms with Gasteiger partial charge in [0.15, 0.2) is 11.5 Å². The summed E-state index contributed by atoms with van der Waals surface area (Å²) >= 11 is 0. The molecule has 1 heterocycles. The molecule has 1 amide bonds. The van der Waals surface area contributed by atoms with Crippen molar-refractivity contribution in [3.63, 3.8) is 0 Å². The van der Waals surface area contributed by atoms with E-state index in [1.54, 1.807) is 0 Å². The van der Waals surface area contributed by atoms with Crippen LogP contribution in [0, 0.1) is 0 Å². The maximum absolute atomic E-state index is 12.4. The number of anilines is 1. The molecule has 2 aliphatic rings. The van der Waals surface area contributed by atoms with Crippen molar-refractivity contribution in [2.45, 2.75) is 31.7 Å². The Hall–Kier alpha value is -2.69. The van der Waals surface area contributed by atoms with Crippen molar-refractivity contribution < 1.29 is 14.3 Å². The minimum absolute atomic E-state index is 0.0172. The number of nitrogens with two attached hydrogens (primary N) is 1. The Bertz CT molecular complexity index is 788. The van der Waals surface area contributed by atoms with Gasteiger partial charge in [0.25, 0.3) is 0 Å². The number of ether oxygens (including phenoxy) is 2. The second-order valence-corrected chi connectivity index (χ2v) is 6.33. The zero-order valence-electron chi connectivity index (χ0n) is 13.4. The van der Waals surface area contributed by atoms with E-state index in [-0.39, 0.29) is 18.7 Å². The first kappa shape index (κ1) is 14.9. The lowest BCUT2D eigenvalue weighted by molar-refractivity contribution is -0.121. The molecule has 0 radical (unpaired) electrons. The van der Waals surface area contributed by atoms with Crippen LogP contribution in [0.4, 0.5) is 5.69 Å². The molecular formula is C19H20N2O3. The van der Waals surface area contributed by atoms with Gasteiger partial charge in [-0.25, -0.2) is 0 Å². The van der Waals surface area contributed by atoms with Gasteiger partial charge in [0.05, 0.1) is 12.5 Å². The Morgan fingerprint density at radius 2 is 2.04 bits per heavy atom. The van der Waals surface area contributed by atoms with Gasteiger partial charge < -0.3 is 20.5 Å². The van der Waals surface area contributed by atoms with Crippen LogP contribution in [0.15, 0.2) is 36.4 Å². The Morgan fingerprint density at radius 1 is 1.17 bits per heavy atom. The molecule has 124 valence electrons. The first-order valence-corrected chi connectivity index (χ1v) is 8.25. The fourth-order valence-corrected chi connectivity index (χ4v) is 3.47. The molecule has 1 unspecified atom stereocenters. The maximum Gasteiger partial charge on any atom is 0.231 e. The summed E-state index contributed by atoms with van der Waals surface area (Å²) in [5.74, 6) is 1.46. The molecule has 1 aliphatic heterocycles. The fraction of sp³-hybridized carbons (Fsp3) is 0.316. The standard InChI is InChI=1S/C19H20N2O3/c20-14-5-6-15-13(10-14)2-1-3-16(15)21-19(22)9-12-4-7-17-18(8-12)24-11-23-17/h4-8,10,16H,1-3,9,11,20H2,(H,21,22). The molecule has 0 saturated heterocycles. The van der Waals surface area contributed by atoms with Crippen molar-refractivity contribution in [1.82, 2.24) is 5.32 Å². The summed E-state index contributed by atoms with van der Waals surface area (Å²) in [6.45, 7) is 0.243. The SMILES string of the molecule is Nc1ccc2c(c1)CCCC2NC(=O)Cc1ccc2c(c1)OCO2. The normalized spacial score (nSPS) is 18.1. The van der Waals surface area contributed by atoms with Crippen LogP contribution in [-0.2, 0) is 17.6 Å². The fourth-order valence-electron chi connectivity index (χ4n) is 3.47. The number of carbonyl (C=O) groups is 1. The van der Waals surface area contributed by atoms with Crippen molar-refractivity contribution in [3.8, 4) is 11.5 Å². The van der Waals surface area contributed by atoms with Gasteiger partial charge in [-0.3, -0.25) is 4.79 Å². The lowest BCUT2D eigenvalue weighted by Gasteiger charge is -2.26. The van der Waals surface area contributed by atoms with Crippen molar-refractivity contribution in [2.75, 3.05) is 12.5 Å². The molecule has 0 aromatic heterocycles. The number of fused-ring (bicyclic) bond motifs is 2. The van der Waals surface area contributed by atoms with Crippen LogP contribution < -0.4 is 20.5 Å².